The Morgan fingerprint density at radius 1 is 1.53 bits per heavy atom. The standard InChI is InChI=1S/C12H14BrNO/c1-7-3-4-9(10(13)5-7)12(15)14-11-6-8(11)2/h3-5,8,11H,6H2,1-2H3,(H,14,15). The second-order valence-corrected chi connectivity index (χ2v) is 5.13. The molecule has 0 spiro atoms. The van der Waals surface area contributed by atoms with Crippen LogP contribution in [0.3, 0.4) is 0 Å². The van der Waals surface area contributed by atoms with Gasteiger partial charge in [-0.05, 0) is 52.9 Å². The van der Waals surface area contributed by atoms with Gasteiger partial charge in [-0.25, -0.2) is 0 Å². The molecule has 0 saturated heterocycles. The molecule has 1 aliphatic rings. The molecule has 1 aliphatic carbocycles. The molecule has 2 nitrogen and oxygen atoms in total. The van der Waals surface area contributed by atoms with Crippen molar-refractivity contribution in [3.05, 3.63) is 33.8 Å². The first kappa shape index (κ1) is 10.7. The van der Waals surface area contributed by atoms with Crippen molar-refractivity contribution in [1.82, 2.24) is 5.32 Å². The van der Waals surface area contributed by atoms with Crippen molar-refractivity contribution in [2.24, 2.45) is 5.92 Å². The summed E-state index contributed by atoms with van der Waals surface area (Å²) >= 11 is 3.41. The Labute approximate surface area is 98.2 Å². The lowest BCUT2D eigenvalue weighted by Crippen LogP contribution is -2.26. The van der Waals surface area contributed by atoms with Gasteiger partial charge in [0.1, 0.15) is 0 Å². The van der Waals surface area contributed by atoms with E-state index < -0.39 is 0 Å². The van der Waals surface area contributed by atoms with Crippen LogP contribution in [0.4, 0.5) is 0 Å². The van der Waals surface area contributed by atoms with Crippen molar-refractivity contribution in [3.63, 3.8) is 0 Å². The van der Waals surface area contributed by atoms with Crippen LogP contribution in [0.15, 0.2) is 22.7 Å². The van der Waals surface area contributed by atoms with Gasteiger partial charge in [0.2, 0.25) is 0 Å². The summed E-state index contributed by atoms with van der Waals surface area (Å²) in [5, 5.41) is 3.01. The predicted octanol–water partition coefficient (Wildman–Crippen LogP) is 2.90. The van der Waals surface area contributed by atoms with Crippen LogP contribution in [0.1, 0.15) is 29.3 Å². The maximum Gasteiger partial charge on any atom is 0.252 e. The summed E-state index contributed by atoms with van der Waals surface area (Å²) in [5.41, 5.74) is 1.87. The van der Waals surface area contributed by atoms with Gasteiger partial charge in [-0.3, -0.25) is 4.79 Å². The molecule has 3 heteroatoms. The van der Waals surface area contributed by atoms with Crippen LogP contribution in [-0.4, -0.2) is 11.9 Å². The van der Waals surface area contributed by atoms with Crippen molar-refractivity contribution in [2.45, 2.75) is 26.3 Å². The Bertz CT molecular complexity index is 403. The number of hydrogen-bond acceptors (Lipinski definition) is 1. The van der Waals surface area contributed by atoms with E-state index in [1.807, 2.05) is 25.1 Å². The highest BCUT2D eigenvalue weighted by atomic mass is 79.9. The Kier molecular flexibility index (Phi) is 2.83. The molecule has 1 aromatic rings. The minimum Gasteiger partial charge on any atom is -0.349 e. The van der Waals surface area contributed by atoms with E-state index in [9.17, 15) is 4.79 Å². The molecule has 2 atom stereocenters. The third kappa shape index (κ3) is 2.40. The number of carbonyl (C=O) groups is 1. The first-order valence-corrected chi connectivity index (χ1v) is 5.94. The number of hydrogen-bond donors (Lipinski definition) is 1. The van der Waals surface area contributed by atoms with Crippen molar-refractivity contribution in [3.8, 4) is 0 Å². The van der Waals surface area contributed by atoms with Crippen LogP contribution in [-0.2, 0) is 0 Å². The first-order valence-electron chi connectivity index (χ1n) is 5.15. The summed E-state index contributed by atoms with van der Waals surface area (Å²) in [6, 6.07) is 6.16. The second-order valence-electron chi connectivity index (χ2n) is 4.28. The van der Waals surface area contributed by atoms with Gasteiger partial charge >= 0.3 is 0 Å². The molecule has 1 aromatic carbocycles. The van der Waals surface area contributed by atoms with E-state index in [1.54, 1.807) is 0 Å². The van der Waals surface area contributed by atoms with Crippen LogP contribution in [0, 0.1) is 12.8 Å². The molecule has 1 N–H and O–H groups in total. The summed E-state index contributed by atoms with van der Waals surface area (Å²) in [6.45, 7) is 4.16. The van der Waals surface area contributed by atoms with Gasteiger partial charge in [0.15, 0.2) is 0 Å². The summed E-state index contributed by atoms with van der Waals surface area (Å²) in [5.74, 6) is 0.661. The third-order valence-corrected chi connectivity index (χ3v) is 3.45. The van der Waals surface area contributed by atoms with E-state index >= 15 is 0 Å². The number of halogens is 1. The minimum absolute atomic E-state index is 0.0243. The van der Waals surface area contributed by atoms with Crippen LogP contribution >= 0.6 is 15.9 Å². The molecule has 2 rings (SSSR count). The molecular weight excluding hydrogens is 254 g/mol. The number of aryl methyl sites for hydroxylation is 1. The Morgan fingerprint density at radius 3 is 2.73 bits per heavy atom. The van der Waals surface area contributed by atoms with E-state index in [4.69, 9.17) is 0 Å². The highest BCUT2D eigenvalue weighted by molar-refractivity contribution is 9.10. The average molecular weight is 268 g/mol. The zero-order valence-electron chi connectivity index (χ0n) is 8.88. The van der Waals surface area contributed by atoms with Crippen molar-refractivity contribution >= 4 is 21.8 Å². The maximum absolute atomic E-state index is 11.8. The van der Waals surface area contributed by atoms with E-state index in [-0.39, 0.29) is 5.91 Å². The zero-order valence-corrected chi connectivity index (χ0v) is 10.5. The Morgan fingerprint density at radius 2 is 2.20 bits per heavy atom. The number of amides is 1. The molecular formula is C12H14BrNO. The van der Waals surface area contributed by atoms with Gasteiger partial charge in [-0.1, -0.05) is 13.0 Å². The van der Waals surface area contributed by atoms with Crippen LogP contribution in [0.5, 0.6) is 0 Å². The highest BCUT2D eigenvalue weighted by Crippen LogP contribution is 2.29. The zero-order chi connectivity index (χ0) is 11.0. The van der Waals surface area contributed by atoms with Crippen molar-refractivity contribution < 1.29 is 4.79 Å². The molecule has 1 amide bonds. The van der Waals surface area contributed by atoms with Gasteiger partial charge < -0.3 is 5.32 Å². The normalized spacial score (nSPS) is 23.7. The van der Waals surface area contributed by atoms with E-state index in [2.05, 4.69) is 28.2 Å². The average Bonchev–Trinajstić information content (AvgIpc) is 2.81. The smallest absolute Gasteiger partial charge is 0.252 e. The fraction of sp³-hybridized carbons (Fsp3) is 0.417. The number of carbonyl (C=O) groups excluding carboxylic acids is 1. The molecule has 0 radical (unpaired) electrons. The molecule has 0 bridgehead atoms. The topological polar surface area (TPSA) is 29.1 Å². The Balaban J connectivity index is 2.11. The van der Waals surface area contributed by atoms with Gasteiger partial charge in [0.25, 0.3) is 5.91 Å². The molecule has 80 valence electrons. The SMILES string of the molecule is Cc1ccc(C(=O)NC2CC2C)c(Br)c1. The largest absolute Gasteiger partial charge is 0.349 e. The number of nitrogens with one attached hydrogen (secondary N) is 1. The minimum atomic E-state index is 0.0243. The molecule has 0 aromatic heterocycles. The first-order chi connectivity index (χ1) is 7.08. The van der Waals surface area contributed by atoms with Crippen LogP contribution in [0.25, 0.3) is 0 Å². The number of rotatable bonds is 2. The summed E-state index contributed by atoms with van der Waals surface area (Å²) in [7, 11) is 0. The molecule has 0 heterocycles. The quantitative estimate of drug-likeness (QED) is 0.877. The third-order valence-electron chi connectivity index (χ3n) is 2.80. The molecule has 1 saturated carbocycles. The lowest BCUT2D eigenvalue weighted by atomic mass is 10.1. The van der Waals surface area contributed by atoms with Crippen LogP contribution in [0.2, 0.25) is 0 Å². The van der Waals surface area contributed by atoms with E-state index in [0.29, 0.717) is 12.0 Å². The number of benzene rings is 1. The van der Waals surface area contributed by atoms with Gasteiger partial charge in [-0.2, -0.15) is 0 Å². The second kappa shape index (κ2) is 3.97. The fourth-order valence-corrected chi connectivity index (χ4v) is 2.25. The molecule has 1 fully saturated rings. The lowest BCUT2D eigenvalue weighted by molar-refractivity contribution is 0.0948. The Hall–Kier alpha value is -0.830. The maximum atomic E-state index is 11.8. The van der Waals surface area contributed by atoms with Gasteiger partial charge in [-0.15, -0.1) is 0 Å². The van der Waals surface area contributed by atoms with Crippen molar-refractivity contribution in [1.29, 1.82) is 0 Å². The molecule has 2 unspecified atom stereocenters. The fourth-order valence-electron chi connectivity index (χ4n) is 1.57. The van der Waals surface area contributed by atoms with E-state index in [0.717, 1.165) is 22.0 Å². The van der Waals surface area contributed by atoms with Gasteiger partial charge in [0.05, 0.1) is 5.56 Å². The summed E-state index contributed by atoms with van der Waals surface area (Å²) < 4.78 is 0.869. The van der Waals surface area contributed by atoms with E-state index in [1.165, 1.54) is 0 Å². The van der Waals surface area contributed by atoms with Crippen molar-refractivity contribution in [2.75, 3.05) is 0 Å². The molecule has 15 heavy (non-hydrogen) atoms. The summed E-state index contributed by atoms with van der Waals surface area (Å²) in [6.07, 6.45) is 1.11. The summed E-state index contributed by atoms with van der Waals surface area (Å²) in [4.78, 5) is 11.8. The highest BCUT2D eigenvalue weighted by Gasteiger charge is 2.34. The van der Waals surface area contributed by atoms with Crippen LogP contribution < -0.4 is 5.32 Å². The lowest BCUT2D eigenvalue weighted by Gasteiger charge is -2.06. The molecule has 0 aliphatic heterocycles. The monoisotopic (exact) mass is 267 g/mol. The predicted molar refractivity (Wildman–Crippen MR) is 63.9 cm³/mol. The van der Waals surface area contributed by atoms with Gasteiger partial charge in [0, 0.05) is 10.5 Å².